The first-order valence-corrected chi connectivity index (χ1v) is 14.4. The summed E-state index contributed by atoms with van der Waals surface area (Å²) in [5.41, 5.74) is 7.80. The summed E-state index contributed by atoms with van der Waals surface area (Å²) in [6, 6.07) is 15.4. The van der Waals surface area contributed by atoms with Gasteiger partial charge in [-0.3, -0.25) is 20.0 Å². The van der Waals surface area contributed by atoms with E-state index >= 15 is 0 Å². The van der Waals surface area contributed by atoms with Gasteiger partial charge in [-0.15, -0.1) is 0 Å². The van der Waals surface area contributed by atoms with Crippen LogP contribution in [0.15, 0.2) is 53.0 Å². The fourth-order valence-electron chi connectivity index (χ4n) is 5.16. The average molecular weight is 626 g/mol. The Morgan fingerprint density at radius 1 is 0.951 bits per heavy atom. The van der Waals surface area contributed by atoms with E-state index in [1.165, 1.54) is 20.6 Å². The van der Waals surface area contributed by atoms with E-state index in [2.05, 4.69) is 43.7 Å². The predicted molar refractivity (Wildman–Crippen MR) is 165 cm³/mol. The molecule has 2 amide bonds. The summed E-state index contributed by atoms with van der Waals surface area (Å²) in [4.78, 5) is 28.7. The van der Waals surface area contributed by atoms with Crippen molar-refractivity contribution < 1.29 is 23.8 Å². The first-order valence-electron chi connectivity index (χ1n) is 13.6. The van der Waals surface area contributed by atoms with Gasteiger partial charge in [0.15, 0.2) is 11.5 Å². The summed E-state index contributed by atoms with van der Waals surface area (Å²) in [6.07, 6.45) is 3.44. The van der Waals surface area contributed by atoms with Gasteiger partial charge in [-0.1, -0.05) is 28.1 Å². The first-order chi connectivity index (χ1) is 19.8. The van der Waals surface area contributed by atoms with Crippen molar-refractivity contribution in [2.45, 2.75) is 32.6 Å². The maximum Gasteiger partial charge on any atom is 0.254 e. The number of anilines is 3. The molecule has 0 atom stereocenters. The average Bonchev–Trinajstić information content (AvgIpc) is 3.00. The lowest BCUT2D eigenvalue weighted by molar-refractivity contribution is -0.120. The highest BCUT2D eigenvalue weighted by Gasteiger charge is 2.26. The van der Waals surface area contributed by atoms with Crippen molar-refractivity contribution >= 4 is 44.8 Å². The van der Waals surface area contributed by atoms with Crippen LogP contribution in [0, 0.1) is 6.92 Å². The minimum absolute atomic E-state index is 0.0360. The molecule has 1 heterocycles. The summed E-state index contributed by atoms with van der Waals surface area (Å²) in [6.45, 7) is 3.97. The molecule has 218 valence electrons. The number of benzene rings is 3. The summed E-state index contributed by atoms with van der Waals surface area (Å²) in [7, 11) is 6.12. The van der Waals surface area contributed by atoms with E-state index < -0.39 is 0 Å². The Labute approximate surface area is 249 Å². The van der Waals surface area contributed by atoms with Crippen LogP contribution in [0.3, 0.4) is 0 Å². The largest absolute Gasteiger partial charge is 0.497 e. The zero-order valence-corrected chi connectivity index (χ0v) is 25.8. The van der Waals surface area contributed by atoms with Crippen LogP contribution >= 0.6 is 15.9 Å². The maximum atomic E-state index is 13.8. The van der Waals surface area contributed by atoms with Gasteiger partial charge in [-0.2, -0.15) is 0 Å². The number of halogens is 1. The lowest BCUT2D eigenvalue weighted by Gasteiger charge is -2.35. The van der Waals surface area contributed by atoms with Gasteiger partial charge in [-0.25, -0.2) is 0 Å². The molecule has 3 aromatic rings. The van der Waals surface area contributed by atoms with Crippen molar-refractivity contribution in [2.75, 3.05) is 51.4 Å². The molecule has 0 unspecified atom stereocenters. The van der Waals surface area contributed by atoms with Crippen molar-refractivity contribution in [2.24, 2.45) is 0 Å². The number of ether oxygens (including phenoxy) is 3. The van der Waals surface area contributed by atoms with Crippen molar-refractivity contribution in [3.05, 3.63) is 69.7 Å². The van der Waals surface area contributed by atoms with Gasteiger partial charge in [0, 0.05) is 30.2 Å². The van der Waals surface area contributed by atoms with E-state index in [0.717, 1.165) is 54.3 Å². The van der Waals surface area contributed by atoms with Crippen molar-refractivity contribution in [3.8, 4) is 17.2 Å². The molecule has 4 rings (SSSR count). The van der Waals surface area contributed by atoms with Crippen LogP contribution < -0.4 is 34.9 Å². The fourth-order valence-corrected chi connectivity index (χ4v) is 5.71. The SMILES string of the molecule is CNC(=O)c1cc(Br)c(CC(=O)NN(c2ccc(OC)cc2)c2c(C)cccc2N2CCCCC2)c(OC)c1OC. The molecule has 3 aromatic carbocycles. The lowest BCUT2D eigenvalue weighted by Crippen LogP contribution is -2.41. The highest BCUT2D eigenvalue weighted by atomic mass is 79.9. The highest BCUT2D eigenvalue weighted by Crippen LogP contribution is 2.41. The number of amides is 2. The molecule has 0 bridgehead atoms. The summed E-state index contributed by atoms with van der Waals surface area (Å²) in [5.74, 6) is 0.695. The number of carbonyl (C=O) groups is 2. The summed E-state index contributed by atoms with van der Waals surface area (Å²) in [5, 5.41) is 4.45. The van der Waals surface area contributed by atoms with Gasteiger partial charge in [0.1, 0.15) is 5.75 Å². The van der Waals surface area contributed by atoms with Gasteiger partial charge in [-0.05, 0) is 68.1 Å². The molecule has 1 aliphatic heterocycles. The molecule has 0 aliphatic carbocycles. The topological polar surface area (TPSA) is 92.4 Å². The van der Waals surface area contributed by atoms with E-state index in [1.54, 1.807) is 20.2 Å². The second-order valence-electron chi connectivity index (χ2n) is 9.77. The number of nitrogens with one attached hydrogen (secondary N) is 2. The third-order valence-corrected chi connectivity index (χ3v) is 7.91. The van der Waals surface area contributed by atoms with Gasteiger partial charge >= 0.3 is 0 Å². The number of hydrazine groups is 1. The molecule has 1 saturated heterocycles. The van der Waals surface area contributed by atoms with Crippen molar-refractivity contribution in [3.63, 3.8) is 0 Å². The summed E-state index contributed by atoms with van der Waals surface area (Å²) < 4.78 is 17.1. The van der Waals surface area contributed by atoms with Crippen LogP contribution in [0.2, 0.25) is 0 Å². The van der Waals surface area contributed by atoms with E-state index in [9.17, 15) is 9.59 Å². The fraction of sp³-hybridized carbons (Fsp3) is 0.355. The highest BCUT2D eigenvalue weighted by molar-refractivity contribution is 9.10. The quantitative estimate of drug-likeness (QED) is 0.286. The molecule has 0 spiro atoms. The monoisotopic (exact) mass is 624 g/mol. The Bertz CT molecular complexity index is 1390. The number of para-hydroxylation sites is 1. The van der Waals surface area contributed by atoms with Crippen LogP contribution in [-0.2, 0) is 11.2 Å². The number of methoxy groups -OCH3 is 3. The van der Waals surface area contributed by atoms with Crippen LogP contribution in [-0.4, -0.2) is 53.3 Å². The lowest BCUT2D eigenvalue weighted by atomic mass is 10.0. The van der Waals surface area contributed by atoms with Crippen molar-refractivity contribution in [1.29, 1.82) is 0 Å². The van der Waals surface area contributed by atoms with E-state index in [-0.39, 0.29) is 24.0 Å². The zero-order valence-electron chi connectivity index (χ0n) is 24.2. The normalized spacial score (nSPS) is 12.9. The van der Waals surface area contributed by atoms with E-state index in [1.807, 2.05) is 42.3 Å². The summed E-state index contributed by atoms with van der Waals surface area (Å²) >= 11 is 3.55. The molecule has 0 aromatic heterocycles. The molecule has 1 fully saturated rings. The van der Waals surface area contributed by atoms with Crippen LogP contribution in [0.25, 0.3) is 0 Å². The number of carbonyl (C=O) groups excluding carboxylic acids is 2. The minimum atomic E-state index is -0.327. The smallest absolute Gasteiger partial charge is 0.254 e. The Balaban J connectivity index is 1.75. The van der Waals surface area contributed by atoms with Gasteiger partial charge in [0.05, 0.1) is 50.4 Å². The number of rotatable bonds is 10. The van der Waals surface area contributed by atoms with Crippen LogP contribution in [0.1, 0.15) is 40.7 Å². The molecule has 0 radical (unpaired) electrons. The van der Waals surface area contributed by atoms with Crippen LogP contribution in [0.4, 0.5) is 17.1 Å². The van der Waals surface area contributed by atoms with Gasteiger partial charge in [0.2, 0.25) is 5.91 Å². The van der Waals surface area contributed by atoms with E-state index in [4.69, 9.17) is 14.2 Å². The number of nitrogens with zero attached hydrogens (tertiary/aromatic N) is 2. The Morgan fingerprint density at radius 3 is 2.24 bits per heavy atom. The standard InChI is InChI=1S/C31H37BrN4O5/c1-20-10-9-11-26(35-16-7-6-8-17-35)28(20)36(21-12-14-22(39-3)15-13-21)34-27(37)19-23-25(32)18-24(31(38)33-2)30(41-5)29(23)40-4/h9-15,18H,6-8,16-17,19H2,1-5H3,(H,33,38)(H,34,37). The third-order valence-electron chi connectivity index (χ3n) is 7.21. The first kappa shape index (κ1) is 30.0. The minimum Gasteiger partial charge on any atom is -0.497 e. The predicted octanol–water partition coefficient (Wildman–Crippen LogP) is 5.55. The zero-order chi connectivity index (χ0) is 29.5. The van der Waals surface area contributed by atoms with Gasteiger partial charge in [0.25, 0.3) is 5.91 Å². The number of piperidine rings is 1. The molecule has 9 nitrogen and oxygen atoms in total. The molecule has 10 heteroatoms. The number of hydrogen-bond acceptors (Lipinski definition) is 7. The van der Waals surface area contributed by atoms with Gasteiger partial charge < -0.3 is 24.4 Å². The molecule has 1 aliphatic rings. The molecule has 0 saturated carbocycles. The third kappa shape index (κ3) is 6.53. The van der Waals surface area contributed by atoms with Crippen LogP contribution in [0.5, 0.6) is 17.2 Å². The Kier molecular flexibility index (Phi) is 9.99. The molecular weight excluding hydrogens is 588 g/mol. The molecular formula is C31H37BrN4O5. The molecule has 2 N–H and O–H groups in total. The maximum absolute atomic E-state index is 13.8. The second-order valence-corrected chi connectivity index (χ2v) is 10.6. The Hall–Kier alpha value is -3.92. The second kappa shape index (κ2) is 13.6. The Morgan fingerprint density at radius 2 is 1.63 bits per heavy atom. The van der Waals surface area contributed by atoms with E-state index in [0.29, 0.717) is 21.3 Å². The number of aryl methyl sites for hydroxylation is 1. The molecule has 41 heavy (non-hydrogen) atoms. The number of hydrogen-bond donors (Lipinski definition) is 2. The van der Waals surface area contributed by atoms with Crippen molar-refractivity contribution in [1.82, 2.24) is 10.7 Å².